The zero-order valence-electron chi connectivity index (χ0n) is 10.8. The quantitative estimate of drug-likeness (QED) is 0.478. The largest absolute Gasteiger partial charge is 0.394 e. The van der Waals surface area contributed by atoms with Crippen LogP contribution in [0.5, 0.6) is 0 Å². The molecule has 0 aliphatic heterocycles. The third kappa shape index (κ3) is 13.9. The van der Waals surface area contributed by atoms with Gasteiger partial charge < -0.3 is 15.2 Å². The maximum Gasteiger partial charge on any atom is 0.0698 e. The standard InChI is InChI=1S/C13H29NO2/c1-2-3-4-5-6-7-8-9-14-10-12-16-13-11-15/h14-15H,2-13H2,1H3. The molecule has 0 aromatic carbocycles. The molecule has 0 saturated heterocycles. The Morgan fingerprint density at radius 1 is 0.875 bits per heavy atom. The molecular weight excluding hydrogens is 202 g/mol. The van der Waals surface area contributed by atoms with Crippen LogP contribution in [0.15, 0.2) is 0 Å². The highest BCUT2D eigenvalue weighted by Crippen LogP contribution is 2.05. The van der Waals surface area contributed by atoms with E-state index in [-0.39, 0.29) is 6.61 Å². The van der Waals surface area contributed by atoms with Crippen molar-refractivity contribution in [3.8, 4) is 0 Å². The predicted molar refractivity (Wildman–Crippen MR) is 68.8 cm³/mol. The van der Waals surface area contributed by atoms with Crippen LogP contribution < -0.4 is 5.32 Å². The third-order valence-electron chi connectivity index (χ3n) is 2.62. The lowest BCUT2D eigenvalue weighted by Gasteiger charge is -2.05. The van der Waals surface area contributed by atoms with Crippen molar-refractivity contribution >= 4 is 0 Å². The van der Waals surface area contributed by atoms with E-state index in [2.05, 4.69) is 12.2 Å². The first kappa shape index (κ1) is 15.9. The highest BCUT2D eigenvalue weighted by molar-refractivity contribution is 4.49. The van der Waals surface area contributed by atoms with E-state index in [1.54, 1.807) is 0 Å². The van der Waals surface area contributed by atoms with E-state index in [1.807, 2.05) is 0 Å². The van der Waals surface area contributed by atoms with E-state index < -0.39 is 0 Å². The normalized spacial score (nSPS) is 10.9. The van der Waals surface area contributed by atoms with Crippen molar-refractivity contribution in [3.05, 3.63) is 0 Å². The predicted octanol–water partition coefficient (Wildman–Crippen LogP) is 2.34. The summed E-state index contributed by atoms with van der Waals surface area (Å²) in [5.41, 5.74) is 0. The number of hydrogen-bond acceptors (Lipinski definition) is 3. The summed E-state index contributed by atoms with van der Waals surface area (Å²) in [7, 11) is 0. The number of nitrogens with one attached hydrogen (secondary N) is 1. The van der Waals surface area contributed by atoms with Crippen LogP contribution in [-0.4, -0.2) is 38.0 Å². The molecule has 0 aromatic heterocycles. The maximum absolute atomic E-state index is 8.48. The van der Waals surface area contributed by atoms with E-state index >= 15 is 0 Å². The molecule has 3 nitrogen and oxygen atoms in total. The van der Waals surface area contributed by atoms with E-state index in [9.17, 15) is 0 Å². The van der Waals surface area contributed by atoms with Crippen LogP contribution >= 0.6 is 0 Å². The molecule has 16 heavy (non-hydrogen) atoms. The molecule has 3 heteroatoms. The van der Waals surface area contributed by atoms with Gasteiger partial charge in [-0.1, -0.05) is 45.4 Å². The van der Waals surface area contributed by atoms with Gasteiger partial charge in [0.1, 0.15) is 0 Å². The van der Waals surface area contributed by atoms with Gasteiger partial charge >= 0.3 is 0 Å². The van der Waals surface area contributed by atoms with Gasteiger partial charge in [-0.2, -0.15) is 0 Å². The maximum atomic E-state index is 8.48. The van der Waals surface area contributed by atoms with Crippen molar-refractivity contribution < 1.29 is 9.84 Å². The first-order chi connectivity index (χ1) is 7.91. The summed E-state index contributed by atoms with van der Waals surface area (Å²) in [6.07, 6.45) is 9.51. The van der Waals surface area contributed by atoms with Gasteiger partial charge in [-0.25, -0.2) is 0 Å². The molecule has 0 unspecified atom stereocenters. The Bertz CT molecular complexity index is 107. The van der Waals surface area contributed by atoms with Gasteiger partial charge in [-0.05, 0) is 13.0 Å². The van der Waals surface area contributed by atoms with Crippen LogP contribution in [0.2, 0.25) is 0 Å². The van der Waals surface area contributed by atoms with Gasteiger partial charge in [0.15, 0.2) is 0 Å². The van der Waals surface area contributed by atoms with Crippen LogP contribution in [0.3, 0.4) is 0 Å². The minimum absolute atomic E-state index is 0.123. The molecule has 0 aromatic rings. The SMILES string of the molecule is CCCCCCCCCNCCOCCO. The summed E-state index contributed by atoms with van der Waals surface area (Å²) in [4.78, 5) is 0. The molecule has 0 amide bonds. The van der Waals surface area contributed by atoms with Gasteiger partial charge in [0.25, 0.3) is 0 Å². The second kappa shape index (κ2) is 14.9. The van der Waals surface area contributed by atoms with Crippen LogP contribution in [0, 0.1) is 0 Å². The fourth-order valence-electron chi connectivity index (χ4n) is 1.64. The van der Waals surface area contributed by atoms with Crippen molar-refractivity contribution in [1.29, 1.82) is 0 Å². The van der Waals surface area contributed by atoms with Crippen molar-refractivity contribution in [2.45, 2.75) is 51.9 Å². The van der Waals surface area contributed by atoms with Gasteiger partial charge in [0.2, 0.25) is 0 Å². The number of rotatable bonds is 13. The molecule has 0 heterocycles. The molecule has 0 bridgehead atoms. The molecule has 0 radical (unpaired) electrons. The van der Waals surface area contributed by atoms with Gasteiger partial charge in [-0.15, -0.1) is 0 Å². The zero-order valence-corrected chi connectivity index (χ0v) is 10.8. The van der Waals surface area contributed by atoms with Gasteiger partial charge in [0.05, 0.1) is 19.8 Å². The number of unbranched alkanes of at least 4 members (excludes halogenated alkanes) is 6. The molecule has 0 spiro atoms. The highest BCUT2D eigenvalue weighted by Gasteiger charge is 1.91. The van der Waals surface area contributed by atoms with Crippen molar-refractivity contribution in [2.75, 3.05) is 32.9 Å². The summed E-state index contributed by atoms with van der Waals surface area (Å²) < 4.78 is 5.14. The lowest BCUT2D eigenvalue weighted by Crippen LogP contribution is -2.21. The highest BCUT2D eigenvalue weighted by atomic mass is 16.5. The molecule has 0 saturated carbocycles. The lowest BCUT2D eigenvalue weighted by molar-refractivity contribution is 0.0939. The summed E-state index contributed by atoms with van der Waals surface area (Å²) in [6.45, 7) is 5.53. The topological polar surface area (TPSA) is 41.5 Å². The second-order valence-corrected chi connectivity index (χ2v) is 4.21. The molecule has 0 aliphatic carbocycles. The fraction of sp³-hybridized carbons (Fsp3) is 1.00. The van der Waals surface area contributed by atoms with Crippen LogP contribution in [0.25, 0.3) is 0 Å². The Hall–Kier alpha value is -0.120. The Morgan fingerprint density at radius 2 is 1.56 bits per heavy atom. The first-order valence-electron chi connectivity index (χ1n) is 6.81. The Balaban J connectivity index is 2.83. The zero-order chi connectivity index (χ0) is 11.9. The first-order valence-corrected chi connectivity index (χ1v) is 6.81. The average molecular weight is 231 g/mol. The molecule has 0 atom stereocenters. The number of hydrogen-bond donors (Lipinski definition) is 2. The summed E-state index contributed by atoms with van der Waals surface area (Å²) in [5.74, 6) is 0. The molecular formula is C13H29NO2. The van der Waals surface area contributed by atoms with Crippen molar-refractivity contribution in [3.63, 3.8) is 0 Å². The average Bonchev–Trinajstić information content (AvgIpc) is 2.31. The van der Waals surface area contributed by atoms with Gasteiger partial charge in [0, 0.05) is 6.54 Å². The minimum Gasteiger partial charge on any atom is -0.394 e. The summed E-state index contributed by atoms with van der Waals surface area (Å²) >= 11 is 0. The number of ether oxygens (including phenoxy) is 1. The van der Waals surface area contributed by atoms with Crippen molar-refractivity contribution in [1.82, 2.24) is 5.32 Å². The van der Waals surface area contributed by atoms with Gasteiger partial charge in [-0.3, -0.25) is 0 Å². The smallest absolute Gasteiger partial charge is 0.0698 e. The summed E-state index contributed by atoms with van der Waals surface area (Å²) in [6, 6.07) is 0. The monoisotopic (exact) mass is 231 g/mol. The summed E-state index contributed by atoms with van der Waals surface area (Å²) in [5, 5.41) is 11.8. The van der Waals surface area contributed by atoms with E-state index in [0.29, 0.717) is 13.2 Å². The molecule has 0 rings (SSSR count). The molecule has 0 aliphatic rings. The van der Waals surface area contributed by atoms with E-state index in [0.717, 1.165) is 13.1 Å². The van der Waals surface area contributed by atoms with Crippen LogP contribution in [0.1, 0.15) is 51.9 Å². The molecule has 0 fully saturated rings. The van der Waals surface area contributed by atoms with Crippen molar-refractivity contribution in [2.24, 2.45) is 0 Å². The molecule has 98 valence electrons. The second-order valence-electron chi connectivity index (χ2n) is 4.21. The van der Waals surface area contributed by atoms with E-state index in [1.165, 1.54) is 44.9 Å². The number of aliphatic hydroxyl groups is 1. The Kier molecular flexibility index (Phi) is 14.8. The third-order valence-corrected chi connectivity index (χ3v) is 2.62. The minimum atomic E-state index is 0.123. The fourth-order valence-corrected chi connectivity index (χ4v) is 1.64. The van der Waals surface area contributed by atoms with E-state index in [4.69, 9.17) is 9.84 Å². The lowest BCUT2D eigenvalue weighted by atomic mass is 10.1. The van der Waals surface area contributed by atoms with Crippen LogP contribution in [0.4, 0.5) is 0 Å². The van der Waals surface area contributed by atoms with Crippen LogP contribution in [-0.2, 0) is 4.74 Å². The Morgan fingerprint density at radius 3 is 2.25 bits per heavy atom. The number of aliphatic hydroxyl groups excluding tert-OH is 1. The Labute approximate surface area is 101 Å². The molecule has 2 N–H and O–H groups in total.